The van der Waals surface area contributed by atoms with Crippen LogP contribution >= 0.6 is 36.4 Å². The maximum Gasteiger partial charge on any atom is 0.132 e. The average Bonchev–Trinajstić information content (AvgIpc) is 3.21. The Morgan fingerprint density at radius 1 is 1.14 bits per heavy atom. The summed E-state index contributed by atoms with van der Waals surface area (Å²) in [5.41, 5.74) is 0.197. The Morgan fingerprint density at radius 2 is 1.68 bits per heavy atom. The van der Waals surface area contributed by atoms with Gasteiger partial charge in [0.2, 0.25) is 0 Å². The maximum atomic E-state index is 14.2. The monoisotopic (exact) mass is 372 g/mol. The summed E-state index contributed by atoms with van der Waals surface area (Å²) in [6.07, 6.45) is 3.20. The molecule has 0 amide bonds. The molecule has 1 aromatic carbocycles. The lowest BCUT2D eigenvalue weighted by atomic mass is 9.97. The number of nitrogens with zero attached hydrogens (tertiary/aromatic N) is 1. The highest BCUT2D eigenvalue weighted by molar-refractivity contribution is 6.30. The van der Waals surface area contributed by atoms with Crippen LogP contribution in [0.5, 0.6) is 0 Å². The van der Waals surface area contributed by atoms with Crippen LogP contribution in [0.3, 0.4) is 0 Å². The third-order valence-corrected chi connectivity index (χ3v) is 4.44. The minimum Gasteiger partial charge on any atom is -0.314 e. The predicted octanol–water partition coefficient (Wildman–Crippen LogP) is 4.21. The summed E-state index contributed by atoms with van der Waals surface area (Å²) in [5.74, 6) is -0.414. The van der Waals surface area contributed by atoms with Crippen molar-refractivity contribution in [2.24, 2.45) is 5.92 Å². The highest BCUT2D eigenvalue weighted by Crippen LogP contribution is 2.41. The van der Waals surface area contributed by atoms with Crippen molar-refractivity contribution >= 4 is 36.4 Å². The zero-order valence-electron chi connectivity index (χ0n) is 12.2. The number of benzene rings is 1. The lowest BCUT2D eigenvalue weighted by Crippen LogP contribution is -2.45. The fourth-order valence-electron chi connectivity index (χ4n) is 2.98. The molecular formula is C15H21Cl3F2N2. The Bertz CT molecular complexity index is 469. The Morgan fingerprint density at radius 3 is 2.18 bits per heavy atom. The van der Waals surface area contributed by atoms with E-state index >= 15 is 0 Å². The van der Waals surface area contributed by atoms with Gasteiger partial charge in [0, 0.05) is 42.8 Å². The van der Waals surface area contributed by atoms with E-state index in [1.54, 1.807) is 0 Å². The molecular weight excluding hydrogens is 353 g/mol. The van der Waals surface area contributed by atoms with Crippen molar-refractivity contribution in [1.29, 1.82) is 0 Å². The van der Waals surface area contributed by atoms with E-state index in [1.165, 1.54) is 25.0 Å². The molecule has 1 saturated heterocycles. The summed E-state index contributed by atoms with van der Waals surface area (Å²) in [4.78, 5) is 2.20. The van der Waals surface area contributed by atoms with Gasteiger partial charge >= 0.3 is 0 Å². The highest BCUT2D eigenvalue weighted by atomic mass is 35.5. The first-order valence-electron chi connectivity index (χ1n) is 7.24. The first kappa shape index (κ1) is 19.9. The lowest BCUT2D eigenvalue weighted by Gasteiger charge is -2.35. The molecule has 7 heteroatoms. The molecule has 0 bridgehead atoms. The largest absolute Gasteiger partial charge is 0.314 e. The topological polar surface area (TPSA) is 15.3 Å². The van der Waals surface area contributed by atoms with E-state index in [1.807, 2.05) is 0 Å². The molecule has 2 nitrogen and oxygen atoms in total. The van der Waals surface area contributed by atoms with E-state index < -0.39 is 11.6 Å². The van der Waals surface area contributed by atoms with Crippen molar-refractivity contribution in [3.05, 3.63) is 34.4 Å². The molecule has 2 fully saturated rings. The third-order valence-electron chi connectivity index (χ3n) is 4.22. The Balaban J connectivity index is 0.00000121. The Kier molecular flexibility index (Phi) is 7.83. The van der Waals surface area contributed by atoms with Crippen molar-refractivity contribution in [3.8, 4) is 0 Å². The van der Waals surface area contributed by atoms with Gasteiger partial charge in [0.25, 0.3) is 0 Å². The zero-order chi connectivity index (χ0) is 14.1. The van der Waals surface area contributed by atoms with Crippen LogP contribution < -0.4 is 5.32 Å². The second-order valence-electron chi connectivity index (χ2n) is 5.76. The minimum absolute atomic E-state index is 0. The standard InChI is InChI=1S/C15H19ClF2N2.2ClH/c16-11-8-12(17)15(13(18)9-11)14(7-10-1-2-10)20-5-3-19-4-6-20;;/h8-10,14,19H,1-7H2;2*1H/t14-;;/m0../s1. The van der Waals surface area contributed by atoms with Crippen molar-refractivity contribution in [3.63, 3.8) is 0 Å². The summed E-state index contributed by atoms with van der Waals surface area (Å²) in [5, 5.41) is 3.40. The minimum atomic E-state index is -0.515. The predicted molar refractivity (Wildman–Crippen MR) is 90.4 cm³/mol. The molecule has 1 aliphatic heterocycles. The van der Waals surface area contributed by atoms with Gasteiger partial charge in [-0.15, -0.1) is 24.8 Å². The second kappa shape index (κ2) is 8.65. The quantitative estimate of drug-likeness (QED) is 0.850. The van der Waals surface area contributed by atoms with Crippen molar-refractivity contribution in [1.82, 2.24) is 10.2 Å². The first-order chi connectivity index (χ1) is 9.65. The fraction of sp³-hybridized carbons (Fsp3) is 0.600. The van der Waals surface area contributed by atoms with E-state index in [0.29, 0.717) is 5.92 Å². The van der Waals surface area contributed by atoms with Crippen molar-refractivity contribution in [2.75, 3.05) is 26.2 Å². The van der Waals surface area contributed by atoms with Gasteiger partial charge < -0.3 is 5.32 Å². The molecule has 3 rings (SSSR count). The Hall–Kier alpha value is -0.130. The van der Waals surface area contributed by atoms with Crippen LogP contribution in [0.1, 0.15) is 30.9 Å². The smallest absolute Gasteiger partial charge is 0.132 e. The summed E-state index contributed by atoms with van der Waals surface area (Å²) in [6.45, 7) is 3.41. The SMILES string of the molecule is Cl.Cl.Fc1cc(Cl)cc(F)c1[C@H](CC1CC1)N1CCNCC1. The lowest BCUT2D eigenvalue weighted by molar-refractivity contribution is 0.154. The fourth-order valence-corrected chi connectivity index (χ4v) is 3.18. The third kappa shape index (κ3) is 4.68. The van der Waals surface area contributed by atoms with Gasteiger partial charge in [-0.25, -0.2) is 8.78 Å². The van der Waals surface area contributed by atoms with Gasteiger partial charge in [0.05, 0.1) is 0 Å². The van der Waals surface area contributed by atoms with Crippen molar-refractivity contribution in [2.45, 2.75) is 25.3 Å². The normalized spacial score (nSPS) is 20.0. The van der Waals surface area contributed by atoms with E-state index in [-0.39, 0.29) is 41.4 Å². The van der Waals surface area contributed by atoms with Gasteiger partial charge in [0.1, 0.15) is 11.6 Å². The molecule has 0 spiro atoms. The van der Waals surface area contributed by atoms with E-state index in [0.717, 1.165) is 32.6 Å². The van der Waals surface area contributed by atoms with Gasteiger partial charge in [-0.3, -0.25) is 4.90 Å². The van der Waals surface area contributed by atoms with Gasteiger partial charge in [-0.05, 0) is 24.5 Å². The summed E-state index contributed by atoms with van der Waals surface area (Å²) in [7, 11) is 0. The molecule has 1 N–H and O–H groups in total. The van der Waals surface area contributed by atoms with Crippen LogP contribution in [-0.4, -0.2) is 31.1 Å². The van der Waals surface area contributed by atoms with E-state index in [4.69, 9.17) is 11.6 Å². The van der Waals surface area contributed by atoms with E-state index in [9.17, 15) is 8.78 Å². The van der Waals surface area contributed by atoms with Gasteiger partial charge in [-0.2, -0.15) is 0 Å². The molecule has 1 aliphatic carbocycles. The molecule has 0 unspecified atom stereocenters. The van der Waals surface area contributed by atoms with Crippen LogP contribution in [-0.2, 0) is 0 Å². The molecule has 1 saturated carbocycles. The number of hydrogen-bond donors (Lipinski definition) is 1. The van der Waals surface area contributed by atoms with Crippen LogP contribution in [0.25, 0.3) is 0 Å². The second-order valence-corrected chi connectivity index (χ2v) is 6.20. The van der Waals surface area contributed by atoms with Crippen LogP contribution in [0.15, 0.2) is 12.1 Å². The molecule has 1 atom stereocenters. The summed E-state index contributed by atoms with van der Waals surface area (Å²) in [6, 6.07) is 2.28. The summed E-state index contributed by atoms with van der Waals surface area (Å²) >= 11 is 5.73. The molecule has 1 aromatic rings. The molecule has 0 radical (unpaired) electrons. The van der Waals surface area contributed by atoms with E-state index in [2.05, 4.69) is 10.2 Å². The molecule has 22 heavy (non-hydrogen) atoms. The number of rotatable bonds is 4. The Labute approximate surface area is 147 Å². The number of halogens is 5. The number of nitrogens with one attached hydrogen (secondary N) is 1. The molecule has 1 heterocycles. The maximum absolute atomic E-state index is 14.2. The van der Waals surface area contributed by atoms with Crippen LogP contribution in [0.2, 0.25) is 5.02 Å². The number of piperazine rings is 1. The highest BCUT2D eigenvalue weighted by Gasteiger charge is 2.33. The van der Waals surface area contributed by atoms with Crippen LogP contribution in [0, 0.1) is 17.6 Å². The van der Waals surface area contributed by atoms with Gasteiger partial charge in [-0.1, -0.05) is 24.4 Å². The summed E-state index contributed by atoms with van der Waals surface area (Å²) < 4.78 is 28.4. The van der Waals surface area contributed by atoms with Crippen LogP contribution in [0.4, 0.5) is 8.78 Å². The van der Waals surface area contributed by atoms with Crippen molar-refractivity contribution < 1.29 is 8.78 Å². The number of hydrogen-bond acceptors (Lipinski definition) is 2. The first-order valence-corrected chi connectivity index (χ1v) is 7.62. The average molecular weight is 374 g/mol. The molecule has 2 aliphatic rings. The molecule has 126 valence electrons. The molecule has 0 aromatic heterocycles. The zero-order valence-corrected chi connectivity index (χ0v) is 14.5. The van der Waals surface area contributed by atoms with Gasteiger partial charge in [0.15, 0.2) is 0 Å².